The maximum atomic E-state index is 6.16. The van der Waals surface area contributed by atoms with Crippen molar-refractivity contribution in [3.05, 3.63) is 76.5 Å². The van der Waals surface area contributed by atoms with Gasteiger partial charge in [0.05, 0.1) is 5.02 Å². The van der Waals surface area contributed by atoms with E-state index in [1.54, 1.807) is 12.4 Å². The second kappa shape index (κ2) is 8.14. The molecule has 0 saturated heterocycles. The number of hydrogen-bond donors (Lipinski definition) is 1. The Hall–Kier alpha value is -2.37. The van der Waals surface area contributed by atoms with Gasteiger partial charge in [-0.3, -0.25) is 0 Å². The van der Waals surface area contributed by atoms with Crippen molar-refractivity contribution in [3.63, 3.8) is 0 Å². The molecule has 0 atom stereocenters. The highest BCUT2D eigenvalue weighted by Gasteiger charge is 2.03. The largest absolute Gasteiger partial charge is 0.310 e. The Morgan fingerprint density at radius 1 is 1.00 bits per heavy atom. The van der Waals surface area contributed by atoms with Crippen molar-refractivity contribution >= 4 is 41.5 Å². The molecule has 0 aliphatic carbocycles. The van der Waals surface area contributed by atoms with E-state index in [2.05, 4.69) is 19.7 Å². The molecule has 4 nitrogen and oxygen atoms in total. The normalized spacial score (nSPS) is 11.0. The lowest BCUT2D eigenvalue weighted by atomic mass is 10.1. The van der Waals surface area contributed by atoms with E-state index in [1.165, 1.54) is 11.9 Å². The van der Waals surface area contributed by atoms with Crippen LogP contribution in [0.5, 0.6) is 0 Å². The van der Waals surface area contributed by atoms with Crippen LogP contribution in [0.4, 0.5) is 5.82 Å². The molecule has 1 aromatic carbocycles. The number of anilines is 1. The van der Waals surface area contributed by atoms with E-state index in [0.29, 0.717) is 0 Å². The van der Waals surface area contributed by atoms with E-state index in [0.717, 1.165) is 38.4 Å². The van der Waals surface area contributed by atoms with Crippen molar-refractivity contribution in [1.29, 1.82) is 0 Å². The van der Waals surface area contributed by atoms with Gasteiger partial charge in [0.15, 0.2) is 0 Å². The topological polar surface area (TPSA) is 50.7 Å². The molecule has 1 N–H and O–H groups in total. The summed E-state index contributed by atoms with van der Waals surface area (Å²) in [6.07, 6.45) is 7.60. The molecule has 0 aliphatic heterocycles. The maximum absolute atomic E-state index is 6.16. The predicted molar refractivity (Wildman–Crippen MR) is 106 cm³/mol. The molecular formula is C19H17ClN4S. The fourth-order valence-corrected chi connectivity index (χ4v) is 3.01. The summed E-state index contributed by atoms with van der Waals surface area (Å²) in [5.41, 5.74) is 2.95. The summed E-state index contributed by atoms with van der Waals surface area (Å²) >= 11 is 7.60. The number of nitrogens with one attached hydrogen (secondary N) is 1. The smallest absolute Gasteiger partial charge is 0.136 e. The number of nitrogens with zero attached hydrogens (tertiary/aromatic N) is 3. The number of aromatic nitrogens is 3. The second-order valence-corrected chi connectivity index (χ2v) is 6.66. The lowest BCUT2D eigenvalue weighted by molar-refractivity contribution is 1.05. The second-order valence-electron chi connectivity index (χ2n) is 5.40. The van der Waals surface area contributed by atoms with Crippen LogP contribution in [-0.4, -0.2) is 15.0 Å². The molecule has 2 aromatic heterocycles. The lowest BCUT2D eigenvalue weighted by Crippen LogP contribution is -1.94. The number of benzene rings is 1. The zero-order valence-electron chi connectivity index (χ0n) is 13.9. The highest BCUT2D eigenvalue weighted by atomic mass is 35.5. The summed E-state index contributed by atoms with van der Waals surface area (Å²) < 4.78 is 3.23. The van der Waals surface area contributed by atoms with Gasteiger partial charge in [-0.15, -0.1) is 0 Å². The van der Waals surface area contributed by atoms with Crippen molar-refractivity contribution in [3.8, 4) is 0 Å². The first-order valence-corrected chi connectivity index (χ1v) is 8.93. The van der Waals surface area contributed by atoms with Crippen molar-refractivity contribution in [2.45, 2.75) is 18.7 Å². The van der Waals surface area contributed by atoms with Crippen LogP contribution in [0.15, 0.2) is 53.7 Å². The molecule has 0 unspecified atom stereocenters. The van der Waals surface area contributed by atoms with Gasteiger partial charge in [-0.25, -0.2) is 15.0 Å². The first-order valence-electron chi connectivity index (χ1n) is 7.73. The molecule has 0 saturated carbocycles. The van der Waals surface area contributed by atoms with E-state index in [4.69, 9.17) is 11.6 Å². The minimum Gasteiger partial charge on any atom is -0.310 e. The van der Waals surface area contributed by atoms with E-state index in [-0.39, 0.29) is 0 Å². The molecule has 0 bridgehead atoms. The number of aryl methyl sites for hydroxylation is 2. The van der Waals surface area contributed by atoms with Gasteiger partial charge >= 0.3 is 0 Å². The molecule has 25 heavy (non-hydrogen) atoms. The van der Waals surface area contributed by atoms with Crippen LogP contribution in [0.3, 0.4) is 0 Å². The van der Waals surface area contributed by atoms with E-state index < -0.39 is 0 Å². The van der Waals surface area contributed by atoms with E-state index in [1.807, 2.05) is 62.4 Å². The molecule has 0 radical (unpaired) electrons. The predicted octanol–water partition coefficient (Wildman–Crippen LogP) is 5.43. The summed E-state index contributed by atoms with van der Waals surface area (Å²) in [6, 6.07) is 11.7. The van der Waals surface area contributed by atoms with Crippen LogP contribution in [-0.2, 0) is 0 Å². The van der Waals surface area contributed by atoms with Crippen LogP contribution in [0, 0.1) is 13.8 Å². The summed E-state index contributed by atoms with van der Waals surface area (Å²) in [6.45, 7) is 3.85. The third-order valence-corrected chi connectivity index (χ3v) is 4.81. The SMILES string of the molecule is Cc1ncc(/C=C/c2ccc(NSc3ccccc3Cl)nc2C)cn1. The van der Waals surface area contributed by atoms with Crippen molar-refractivity contribution in [1.82, 2.24) is 15.0 Å². The van der Waals surface area contributed by atoms with Crippen molar-refractivity contribution < 1.29 is 0 Å². The van der Waals surface area contributed by atoms with Gasteiger partial charge in [0.2, 0.25) is 0 Å². The highest BCUT2D eigenvalue weighted by molar-refractivity contribution is 8.00. The van der Waals surface area contributed by atoms with Crippen LogP contribution < -0.4 is 4.72 Å². The molecule has 3 aromatic rings. The summed E-state index contributed by atoms with van der Waals surface area (Å²) in [5.74, 6) is 1.56. The Bertz CT molecular complexity index is 894. The molecule has 126 valence electrons. The van der Waals surface area contributed by atoms with Crippen LogP contribution in [0.2, 0.25) is 5.02 Å². The minimum absolute atomic E-state index is 0.719. The van der Waals surface area contributed by atoms with Gasteiger partial charge in [0.1, 0.15) is 11.6 Å². The molecular weight excluding hydrogens is 352 g/mol. The molecule has 0 fully saturated rings. The Balaban J connectivity index is 1.68. The molecule has 3 rings (SSSR count). The molecule has 0 spiro atoms. The standard InChI is InChI=1S/C19H17ClN4S/c1-13-16(8-7-15-11-21-14(2)22-12-15)9-10-19(23-13)24-25-18-6-4-3-5-17(18)20/h3-12H,1-2H3,(H,23,24)/b8-7+. The van der Waals surface area contributed by atoms with Gasteiger partial charge < -0.3 is 4.72 Å². The number of rotatable bonds is 5. The Morgan fingerprint density at radius 2 is 1.76 bits per heavy atom. The van der Waals surface area contributed by atoms with Crippen molar-refractivity contribution in [2.75, 3.05) is 4.72 Å². The fraction of sp³-hybridized carbons (Fsp3) is 0.105. The first kappa shape index (κ1) is 17.5. The minimum atomic E-state index is 0.719. The third kappa shape index (κ3) is 4.81. The van der Waals surface area contributed by atoms with Gasteiger partial charge in [-0.05, 0) is 55.6 Å². The van der Waals surface area contributed by atoms with Gasteiger partial charge in [0.25, 0.3) is 0 Å². The van der Waals surface area contributed by atoms with Gasteiger partial charge in [-0.1, -0.05) is 35.9 Å². The quantitative estimate of drug-likeness (QED) is 0.608. The molecule has 0 aliphatic rings. The monoisotopic (exact) mass is 368 g/mol. The number of halogens is 1. The summed E-state index contributed by atoms with van der Waals surface area (Å²) in [5, 5.41) is 0.719. The zero-order chi connectivity index (χ0) is 17.6. The Labute approximate surface area is 156 Å². The van der Waals surface area contributed by atoms with Crippen LogP contribution in [0.25, 0.3) is 12.2 Å². The van der Waals surface area contributed by atoms with Crippen LogP contribution in [0.1, 0.15) is 22.6 Å². The first-order chi connectivity index (χ1) is 12.1. The number of pyridine rings is 1. The summed E-state index contributed by atoms with van der Waals surface area (Å²) in [7, 11) is 0. The third-order valence-electron chi connectivity index (χ3n) is 3.49. The molecule has 0 amide bonds. The lowest BCUT2D eigenvalue weighted by Gasteiger charge is -2.08. The van der Waals surface area contributed by atoms with E-state index in [9.17, 15) is 0 Å². The molecule has 6 heteroatoms. The van der Waals surface area contributed by atoms with Gasteiger partial charge in [-0.2, -0.15) is 0 Å². The Morgan fingerprint density at radius 3 is 2.48 bits per heavy atom. The van der Waals surface area contributed by atoms with E-state index >= 15 is 0 Å². The fourth-order valence-electron chi connectivity index (χ4n) is 2.11. The average molecular weight is 369 g/mol. The average Bonchev–Trinajstić information content (AvgIpc) is 2.62. The highest BCUT2D eigenvalue weighted by Crippen LogP contribution is 2.27. The van der Waals surface area contributed by atoms with Crippen LogP contribution >= 0.6 is 23.5 Å². The zero-order valence-corrected chi connectivity index (χ0v) is 15.5. The van der Waals surface area contributed by atoms with Gasteiger partial charge in [0, 0.05) is 28.5 Å². The number of hydrogen-bond acceptors (Lipinski definition) is 5. The Kier molecular flexibility index (Phi) is 5.68. The van der Waals surface area contributed by atoms with Crippen molar-refractivity contribution in [2.24, 2.45) is 0 Å². The maximum Gasteiger partial charge on any atom is 0.136 e. The molecule has 2 heterocycles. The summed E-state index contributed by atoms with van der Waals surface area (Å²) in [4.78, 5) is 13.9.